The minimum Gasteiger partial charge on any atom is -0.390 e. The molecule has 1 aliphatic heterocycles. The van der Waals surface area contributed by atoms with E-state index in [0.29, 0.717) is 18.3 Å². The Hall–Kier alpha value is -1.12. The van der Waals surface area contributed by atoms with Gasteiger partial charge >= 0.3 is 0 Å². The average molecular weight is 317 g/mol. The number of fused-ring (bicyclic) bond motifs is 3. The Labute approximate surface area is 137 Å². The van der Waals surface area contributed by atoms with Crippen molar-refractivity contribution in [1.29, 1.82) is 5.26 Å². The number of piperidine rings is 1. The molecule has 0 spiro atoms. The van der Waals surface area contributed by atoms with Gasteiger partial charge in [0.15, 0.2) is 0 Å². The van der Waals surface area contributed by atoms with Crippen LogP contribution in [0.5, 0.6) is 0 Å². The molecule has 0 aromatic rings. The van der Waals surface area contributed by atoms with E-state index in [1.807, 2.05) is 0 Å². The van der Waals surface area contributed by atoms with Crippen LogP contribution in [0.15, 0.2) is 0 Å². The maximum Gasteiger partial charge on any atom is 0.241 e. The second-order valence-corrected chi connectivity index (χ2v) is 8.80. The number of carbonyl (C=O) groups excluding carboxylic acids is 1. The van der Waals surface area contributed by atoms with Crippen LogP contribution in [-0.4, -0.2) is 39.6 Å². The highest BCUT2D eigenvalue weighted by molar-refractivity contribution is 5.84. The van der Waals surface area contributed by atoms with Crippen molar-refractivity contribution in [3.8, 4) is 6.07 Å². The van der Waals surface area contributed by atoms with Crippen molar-refractivity contribution >= 4 is 5.91 Å². The molecule has 3 saturated carbocycles. The normalized spacial score (nSPS) is 49.2. The summed E-state index contributed by atoms with van der Waals surface area (Å²) in [6.07, 6.45) is 6.93. The molecular formula is C18H27N3O2. The van der Waals surface area contributed by atoms with Gasteiger partial charge in [-0.15, -0.1) is 0 Å². The lowest BCUT2D eigenvalue weighted by atomic mass is 9.54. The van der Waals surface area contributed by atoms with E-state index in [4.69, 9.17) is 5.73 Å². The van der Waals surface area contributed by atoms with E-state index < -0.39 is 11.6 Å². The number of amides is 1. The van der Waals surface area contributed by atoms with Gasteiger partial charge in [0, 0.05) is 6.04 Å². The van der Waals surface area contributed by atoms with Gasteiger partial charge in [0.2, 0.25) is 5.91 Å². The van der Waals surface area contributed by atoms with Crippen molar-refractivity contribution in [1.82, 2.24) is 4.90 Å². The van der Waals surface area contributed by atoms with Gasteiger partial charge in [-0.05, 0) is 68.6 Å². The van der Waals surface area contributed by atoms with Gasteiger partial charge in [-0.3, -0.25) is 4.79 Å². The number of carbonyl (C=O) groups is 1. The summed E-state index contributed by atoms with van der Waals surface area (Å²) in [4.78, 5) is 14.9. The topological polar surface area (TPSA) is 90.3 Å². The van der Waals surface area contributed by atoms with Crippen LogP contribution >= 0.6 is 0 Å². The van der Waals surface area contributed by atoms with Gasteiger partial charge in [-0.1, -0.05) is 6.92 Å². The number of rotatable bonds is 2. The molecule has 23 heavy (non-hydrogen) atoms. The maximum absolute atomic E-state index is 13.1. The van der Waals surface area contributed by atoms with E-state index in [2.05, 4.69) is 13.0 Å². The third kappa shape index (κ3) is 2.30. The van der Waals surface area contributed by atoms with E-state index in [9.17, 15) is 15.2 Å². The minimum atomic E-state index is -0.643. The Balaban J connectivity index is 1.59. The highest BCUT2D eigenvalue weighted by Crippen LogP contribution is 2.55. The summed E-state index contributed by atoms with van der Waals surface area (Å²) < 4.78 is 0. The average Bonchev–Trinajstić information content (AvgIpc) is 3.14. The van der Waals surface area contributed by atoms with Gasteiger partial charge < -0.3 is 15.7 Å². The highest BCUT2D eigenvalue weighted by Gasteiger charge is 2.59. The number of hydrogen-bond donors (Lipinski definition) is 2. The number of hydrogen-bond acceptors (Lipinski definition) is 4. The van der Waals surface area contributed by atoms with Crippen LogP contribution in [0.4, 0.5) is 0 Å². The van der Waals surface area contributed by atoms with Crippen LogP contribution in [-0.2, 0) is 4.79 Å². The zero-order chi connectivity index (χ0) is 16.4. The summed E-state index contributed by atoms with van der Waals surface area (Å²) in [5.41, 5.74) is 5.59. The fraction of sp³-hybridized carbons (Fsp3) is 0.889. The molecule has 0 radical (unpaired) electrons. The first kappa shape index (κ1) is 15.4. The van der Waals surface area contributed by atoms with E-state index >= 15 is 0 Å². The van der Waals surface area contributed by atoms with Crippen molar-refractivity contribution in [2.75, 3.05) is 0 Å². The smallest absolute Gasteiger partial charge is 0.241 e. The van der Waals surface area contributed by atoms with Gasteiger partial charge in [0.25, 0.3) is 0 Å². The summed E-state index contributed by atoms with van der Waals surface area (Å²) in [5.74, 6) is 0.869. The molecular weight excluding hydrogens is 290 g/mol. The minimum absolute atomic E-state index is 0.0418. The molecule has 5 unspecified atom stereocenters. The van der Waals surface area contributed by atoms with Gasteiger partial charge in [-0.25, -0.2) is 0 Å². The predicted molar refractivity (Wildman–Crippen MR) is 85.0 cm³/mol. The van der Waals surface area contributed by atoms with Crippen molar-refractivity contribution < 1.29 is 9.90 Å². The molecule has 3 aliphatic carbocycles. The van der Waals surface area contributed by atoms with Gasteiger partial charge in [-0.2, -0.15) is 5.26 Å². The van der Waals surface area contributed by atoms with Crippen LogP contribution in [0.2, 0.25) is 0 Å². The quantitative estimate of drug-likeness (QED) is 0.808. The lowest BCUT2D eigenvalue weighted by molar-refractivity contribution is -0.148. The Morgan fingerprint density at radius 3 is 2.91 bits per heavy atom. The number of aliphatic hydroxyl groups is 1. The van der Waals surface area contributed by atoms with Gasteiger partial charge in [0.1, 0.15) is 6.04 Å². The maximum atomic E-state index is 13.1. The van der Waals surface area contributed by atoms with E-state index in [1.54, 1.807) is 4.90 Å². The molecule has 4 rings (SSSR count). The zero-order valence-electron chi connectivity index (χ0n) is 13.9. The molecule has 0 aromatic carbocycles. The van der Waals surface area contributed by atoms with E-state index in [0.717, 1.165) is 44.9 Å². The number of nitrogens with two attached hydrogens (primary N) is 1. The molecule has 3 N–H and O–H groups in total. The SMILES string of the molecule is CC1CC2(O)CCCC([C@H](N)C(=O)N3C4CC4C[C@H]3C#N)(C1)C2. The summed E-state index contributed by atoms with van der Waals surface area (Å²) in [6.45, 7) is 2.16. The molecule has 1 amide bonds. The van der Waals surface area contributed by atoms with Gasteiger partial charge in [0.05, 0.1) is 17.7 Å². The summed E-state index contributed by atoms with van der Waals surface area (Å²) in [5, 5.41) is 20.2. The number of likely N-dealkylation sites (tertiary alicyclic amines) is 1. The zero-order valence-corrected chi connectivity index (χ0v) is 13.9. The van der Waals surface area contributed by atoms with Crippen LogP contribution in [0.3, 0.4) is 0 Å². The first-order chi connectivity index (χ1) is 10.9. The second-order valence-electron chi connectivity index (χ2n) is 8.80. The van der Waals surface area contributed by atoms with E-state index in [1.165, 1.54) is 0 Å². The summed E-state index contributed by atoms with van der Waals surface area (Å²) in [6, 6.07) is 1.66. The monoisotopic (exact) mass is 317 g/mol. The molecule has 2 bridgehead atoms. The van der Waals surface area contributed by atoms with Crippen LogP contribution in [0.25, 0.3) is 0 Å². The Morgan fingerprint density at radius 2 is 2.17 bits per heavy atom. The molecule has 1 heterocycles. The Morgan fingerprint density at radius 1 is 1.39 bits per heavy atom. The molecule has 5 nitrogen and oxygen atoms in total. The number of nitriles is 1. The van der Waals surface area contributed by atoms with Crippen LogP contribution in [0.1, 0.15) is 58.3 Å². The molecule has 4 fully saturated rings. The Kier molecular flexibility index (Phi) is 3.31. The first-order valence-electron chi connectivity index (χ1n) is 9.07. The van der Waals surface area contributed by atoms with Crippen molar-refractivity contribution in [3.05, 3.63) is 0 Å². The number of nitrogens with zero attached hydrogens (tertiary/aromatic N) is 2. The fourth-order valence-electron chi connectivity index (χ4n) is 6.07. The summed E-state index contributed by atoms with van der Waals surface area (Å²) in [7, 11) is 0. The summed E-state index contributed by atoms with van der Waals surface area (Å²) >= 11 is 0. The lowest BCUT2D eigenvalue weighted by Crippen LogP contribution is -2.61. The van der Waals surface area contributed by atoms with Crippen molar-refractivity contribution in [2.45, 2.75) is 82.0 Å². The molecule has 5 heteroatoms. The first-order valence-corrected chi connectivity index (χ1v) is 9.07. The van der Waals surface area contributed by atoms with Crippen molar-refractivity contribution in [2.24, 2.45) is 23.0 Å². The Bertz CT molecular complexity index is 573. The predicted octanol–water partition coefficient (Wildman–Crippen LogP) is 1.55. The molecule has 7 atom stereocenters. The molecule has 0 aromatic heterocycles. The largest absolute Gasteiger partial charge is 0.390 e. The molecule has 126 valence electrons. The second kappa shape index (κ2) is 4.94. The lowest BCUT2D eigenvalue weighted by Gasteiger charge is -2.54. The molecule has 1 saturated heterocycles. The fourth-order valence-corrected chi connectivity index (χ4v) is 6.07. The van der Waals surface area contributed by atoms with Crippen LogP contribution in [0, 0.1) is 28.6 Å². The molecule has 4 aliphatic rings. The standard InChI is InChI=1S/C18H27N3O2/c1-11-7-17(3-2-4-18(23,8-11)10-17)15(20)16(22)21-13(9-19)5-12-6-14(12)21/h11-15,23H,2-8,10,20H2,1H3/t11?,12?,13-,14?,15+,17?,18?/m0/s1. The third-order valence-corrected chi connectivity index (χ3v) is 6.91. The van der Waals surface area contributed by atoms with Crippen molar-refractivity contribution in [3.63, 3.8) is 0 Å². The van der Waals surface area contributed by atoms with Crippen LogP contribution < -0.4 is 5.73 Å². The third-order valence-electron chi connectivity index (χ3n) is 6.91. The van der Waals surface area contributed by atoms with E-state index in [-0.39, 0.29) is 23.4 Å². The highest BCUT2D eigenvalue weighted by atomic mass is 16.3.